The number of ketones is 1. The average molecular weight is 538 g/mol. The summed E-state index contributed by atoms with van der Waals surface area (Å²) in [5.74, 6) is -3.13. The van der Waals surface area contributed by atoms with Gasteiger partial charge in [0.15, 0.2) is 28.2 Å². The first-order valence-electron chi connectivity index (χ1n) is 11.8. The first kappa shape index (κ1) is 25.5. The first-order chi connectivity index (χ1) is 18.1. The second-order valence-electron chi connectivity index (χ2n) is 9.12. The van der Waals surface area contributed by atoms with Crippen LogP contribution in [-0.4, -0.2) is 32.2 Å². The summed E-state index contributed by atoms with van der Waals surface area (Å²) >= 11 is 6.06. The number of aromatic nitrogens is 3. The molecule has 4 aromatic rings. The molecule has 0 radical (unpaired) electrons. The summed E-state index contributed by atoms with van der Waals surface area (Å²) < 4.78 is 27.9. The number of fused-ring (bicyclic) bond motifs is 2. The number of amides is 2. The van der Waals surface area contributed by atoms with E-state index in [2.05, 4.69) is 20.7 Å². The summed E-state index contributed by atoms with van der Waals surface area (Å²) in [5, 5.41) is 9.80. The molecule has 1 atom stereocenters. The standard InChI is InChI=1S/C27H22ClF2N5O3/c1-13-16(14(2)36)4-5-18-17(13)6-8-21(18)33-27(38)23-10-22(32-25-11-24(28)34-35(23)25)26(37)31-12-15-3-7-19(29)20(30)9-15/h3-5,7,9-11,21H,6,8,12H2,1-2H3,(H,31,37)(H,33,38)/t21-/m0/s1. The molecule has 1 aliphatic rings. The lowest BCUT2D eigenvalue weighted by Crippen LogP contribution is -2.30. The van der Waals surface area contributed by atoms with Crippen molar-refractivity contribution in [2.75, 3.05) is 0 Å². The number of hydrogen-bond donors (Lipinski definition) is 2. The van der Waals surface area contributed by atoms with Crippen molar-refractivity contribution in [2.24, 2.45) is 0 Å². The molecule has 11 heteroatoms. The number of benzene rings is 2. The average Bonchev–Trinajstić information content (AvgIpc) is 3.46. The molecule has 2 aromatic carbocycles. The van der Waals surface area contributed by atoms with E-state index in [0.29, 0.717) is 24.0 Å². The molecule has 0 saturated carbocycles. The van der Waals surface area contributed by atoms with Crippen molar-refractivity contribution in [3.05, 3.63) is 98.5 Å². The molecule has 0 aliphatic heterocycles. The highest BCUT2D eigenvalue weighted by atomic mass is 35.5. The smallest absolute Gasteiger partial charge is 0.270 e. The number of nitrogens with one attached hydrogen (secondary N) is 2. The first-order valence-corrected chi connectivity index (χ1v) is 12.2. The third kappa shape index (κ3) is 4.74. The minimum Gasteiger partial charge on any atom is -0.347 e. The van der Waals surface area contributed by atoms with Crippen LogP contribution in [0.3, 0.4) is 0 Å². The second-order valence-corrected chi connectivity index (χ2v) is 9.51. The molecule has 0 unspecified atom stereocenters. The Morgan fingerprint density at radius 2 is 1.87 bits per heavy atom. The third-order valence-electron chi connectivity index (χ3n) is 6.68. The fourth-order valence-electron chi connectivity index (χ4n) is 4.79. The highest BCUT2D eigenvalue weighted by molar-refractivity contribution is 6.29. The Morgan fingerprint density at radius 3 is 2.61 bits per heavy atom. The molecular formula is C27H22ClF2N5O3. The Kier molecular flexibility index (Phi) is 6.66. The molecule has 2 aromatic heterocycles. The van der Waals surface area contributed by atoms with Gasteiger partial charge in [-0.3, -0.25) is 14.4 Å². The maximum Gasteiger partial charge on any atom is 0.270 e. The van der Waals surface area contributed by atoms with Crippen LogP contribution in [0.1, 0.15) is 73.0 Å². The van der Waals surface area contributed by atoms with Crippen LogP contribution in [-0.2, 0) is 13.0 Å². The summed E-state index contributed by atoms with van der Waals surface area (Å²) in [7, 11) is 0. The van der Waals surface area contributed by atoms with Gasteiger partial charge >= 0.3 is 0 Å². The second kappa shape index (κ2) is 9.94. The third-order valence-corrected chi connectivity index (χ3v) is 6.86. The summed E-state index contributed by atoms with van der Waals surface area (Å²) in [6.07, 6.45) is 1.36. The van der Waals surface area contributed by atoms with Crippen molar-refractivity contribution in [1.82, 2.24) is 25.2 Å². The molecule has 2 heterocycles. The molecule has 2 amide bonds. The van der Waals surface area contributed by atoms with E-state index in [-0.39, 0.29) is 40.6 Å². The summed E-state index contributed by atoms with van der Waals surface area (Å²) in [4.78, 5) is 42.4. The Hall–Kier alpha value is -4.18. The van der Waals surface area contributed by atoms with Gasteiger partial charge in [0.1, 0.15) is 11.4 Å². The van der Waals surface area contributed by atoms with Crippen LogP contribution < -0.4 is 10.6 Å². The van der Waals surface area contributed by atoms with Crippen LogP contribution in [0.15, 0.2) is 42.5 Å². The molecule has 0 saturated heterocycles. The van der Waals surface area contributed by atoms with E-state index in [1.807, 2.05) is 13.0 Å². The highest BCUT2D eigenvalue weighted by Crippen LogP contribution is 2.35. The summed E-state index contributed by atoms with van der Waals surface area (Å²) in [6, 6.07) is 9.37. The van der Waals surface area contributed by atoms with Gasteiger partial charge in [-0.1, -0.05) is 29.8 Å². The molecule has 194 valence electrons. The quantitative estimate of drug-likeness (QED) is 0.352. The van der Waals surface area contributed by atoms with Crippen molar-refractivity contribution in [3.8, 4) is 0 Å². The predicted molar refractivity (Wildman–Crippen MR) is 135 cm³/mol. The Labute approximate surface area is 221 Å². The molecule has 2 N–H and O–H groups in total. The number of halogens is 3. The Morgan fingerprint density at radius 1 is 1.08 bits per heavy atom. The van der Waals surface area contributed by atoms with E-state index in [1.165, 1.54) is 29.6 Å². The van der Waals surface area contributed by atoms with Gasteiger partial charge in [0.2, 0.25) is 0 Å². The number of hydrogen-bond acceptors (Lipinski definition) is 5. The van der Waals surface area contributed by atoms with Gasteiger partial charge < -0.3 is 10.6 Å². The minimum atomic E-state index is -1.02. The van der Waals surface area contributed by atoms with E-state index in [1.54, 1.807) is 6.07 Å². The molecule has 0 spiro atoms. The van der Waals surface area contributed by atoms with Gasteiger partial charge in [-0.15, -0.1) is 0 Å². The van der Waals surface area contributed by atoms with Crippen molar-refractivity contribution >= 4 is 34.8 Å². The molecule has 38 heavy (non-hydrogen) atoms. The number of rotatable bonds is 6. The minimum absolute atomic E-state index is 0.0112. The van der Waals surface area contributed by atoms with E-state index in [9.17, 15) is 23.2 Å². The van der Waals surface area contributed by atoms with Gasteiger partial charge in [0.25, 0.3) is 11.8 Å². The van der Waals surface area contributed by atoms with Crippen LogP contribution in [0.2, 0.25) is 5.15 Å². The monoisotopic (exact) mass is 537 g/mol. The van der Waals surface area contributed by atoms with Gasteiger partial charge in [-0.05, 0) is 61.1 Å². The van der Waals surface area contributed by atoms with Gasteiger partial charge in [-0.2, -0.15) is 5.10 Å². The van der Waals surface area contributed by atoms with Crippen molar-refractivity contribution in [2.45, 2.75) is 39.3 Å². The lowest BCUT2D eigenvalue weighted by atomic mass is 9.96. The maximum absolute atomic E-state index is 13.5. The van der Waals surface area contributed by atoms with Crippen LogP contribution in [0.5, 0.6) is 0 Å². The van der Waals surface area contributed by atoms with E-state index in [0.717, 1.165) is 28.8 Å². The van der Waals surface area contributed by atoms with E-state index in [4.69, 9.17) is 11.6 Å². The predicted octanol–water partition coefficient (Wildman–Crippen LogP) is 4.52. The van der Waals surface area contributed by atoms with Crippen LogP contribution in [0.25, 0.3) is 5.65 Å². The van der Waals surface area contributed by atoms with Crippen LogP contribution >= 0.6 is 11.6 Å². The largest absolute Gasteiger partial charge is 0.347 e. The zero-order valence-corrected chi connectivity index (χ0v) is 21.2. The maximum atomic E-state index is 13.5. The zero-order chi connectivity index (χ0) is 27.1. The van der Waals surface area contributed by atoms with E-state index < -0.39 is 23.4 Å². The number of carbonyl (C=O) groups is 3. The SMILES string of the molecule is CC(=O)c1ccc2c(c1C)CC[C@@H]2NC(=O)c1cc(C(=O)NCc2ccc(F)c(F)c2)nc2cc(Cl)nn12. The fraction of sp³-hybridized carbons (Fsp3) is 0.222. The van der Waals surface area contributed by atoms with Crippen molar-refractivity contribution in [1.29, 1.82) is 0 Å². The lowest BCUT2D eigenvalue weighted by molar-refractivity contribution is 0.0927. The van der Waals surface area contributed by atoms with Crippen molar-refractivity contribution < 1.29 is 23.2 Å². The zero-order valence-electron chi connectivity index (χ0n) is 20.4. The summed E-state index contributed by atoms with van der Waals surface area (Å²) in [6.45, 7) is 3.35. The molecule has 0 bridgehead atoms. The van der Waals surface area contributed by atoms with E-state index >= 15 is 0 Å². The van der Waals surface area contributed by atoms with Crippen LogP contribution in [0.4, 0.5) is 8.78 Å². The molecular weight excluding hydrogens is 516 g/mol. The number of nitrogens with zero attached hydrogens (tertiary/aromatic N) is 3. The molecule has 1 aliphatic carbocycles. The number of carbonyl (C=O) groups excluding carboxylic acids is 3. The van der Waals surface area contributed by atoms with Gasteiger partial charge in [0, 0.05) is 24.2 Å². The van der Waals surface area contributed by atoms with Crippen molar-refractivity contribution in [3.63, 3.8) is 0 Å². The fourth-order valence-corrected chi connectivity index (χ4v) is 4.96. The topological polar surface area (TPSA) is 105 Å². The van der Waals surface area contributed by atoms with Gasteiger partial charge in [0.05, 0.1) is 6.04 Å². The normalized spacial score (nSPS) is 14.4. The molecule has 0 fully saturated rings. The molecule has 8 nitrogen and oxygen atoms in total. The summed E-state index contributed by atoms with van der Waals surface area (Å²) in [5.41, 5.74) is 4.08. The lowest BCUT2D eigenvalue weighted by Gasteiger charge is -2.16. The Bertz CT molecular complexity index is 1630. The Balaban J connectivity index is 1.40. The van der Waals surface area contributed by atoms with Gasteiger partial charge in [-0.25, -0.2) is 18.3 Å². The highest BCUT2D eigenvalue weighted by Gasteiger charge is 2.28. The van der Waals surface area contributed by atoms with Crippen LogP contribution in [0, 0.1) is 18.6 Å². The molecule has 5 rings (SSSR count). The number of Topliss-reactive ketones (excluding diaryl/α,β-unsaturated/α-hetero) is 1.